The molecule has 0 aliphatic heterocycles. The lowest BCUT2D eigenvalue weighted by Gasteiger charge is -2.17. The van der Waals surface area contributed by atoms with Gasteiger partial charge in [-0.15, -0.1) is 0 Å². The van der Waals surface area contributed by atoms with E-state index in [9.17, 15) is 5.26 Å². The fourth-order valence-electron chi connectivity index (χ4n) is 3.11. The maximum absolute atomic E-state index is 9.57. The van der Waals surface area contributed by atoms with Crippen LogP contribution < -0.4 is 4.74 Å². The zero-order valence-corrected chi connectivity index (χ0v) is 14.7. The molecule has 0 radical (unpaired) electrons. The average Bonchev–Trinajstić information content (AvgIpc) is 2.48. The number of hydrogen-bond acceptors (Lipinski definition) is 2. The summed E-state index contributed by atoms with van der Waals surface area (Å²) in [5.41, 5.74) is 7.27. The molecule has 2 rings (SSSR count). The summed E-state index contributed by atoms with van der Waals surface area (Å²) in [7, 11) is 0. The van der Waals surface area contributed by atoms with Crippen molar-refractivity contribution in [2.75, 3.05) is 6.61 Å². The Kier molecular flexibility index (Phi) is 5.45. The standard InChI is InChI=1S/C21H25NO/c1-14-10-17(4)21(18(5)11-14)19(13-22)8-9-23-20-7-6-15(2)16(3)12-20/h6-7,10-12,19H,8-9H2,1-5H3. The first-order valence-electron chi connectivity index (χ1n) is 8.09. The fraction of sp³-hybridized carbons (Fsp3) is 0.381. The summed E-state index contributed by atoms with van der Waals surface area (Å²) in [5.74, 6) is 0.754. The van der Waals surface area contributed by atoms with Gasteiger partial charge >= 0.3 is 0 Å². The van der Waals surface area contributed by atoms with E-state index in [2.05, 4.69) is 65.0 Å². The number of nitriles is 1. The van der Waals surface area contributed by atoms with E-state index in [1.54, 1.807) is 0 Å². The van der Waals surface area contributed by atoms with Crippen LogP contribution in [0.2, 0.25) is 0 Å². The summed E-state index contributed by atoms with van der Waals surface area (Å²) in [6.45, 7) is 11.0. The van der Waals surface area contributed by atoms with E-state index < -0.39 is 0 Å². The van der Waals surface area contributed by atoms with Gasteiger partial charge in [-0.05, 0) is 74.6 Å². The lowest BCUT2D eigenvalue weighted by atomic mass is 9.88. The molecule has 0 saturated heterocycles. The molecule has 0 heterocycles. The molecule has 2 aromatic rings. The molecule has 0 bridgehead atoms. The van der Waals surface area contributed by atoms with Gasteiger partial charge in [-0.1, -0.05) is 23.8 Å². The number of nitrogens with zero attached hydrogens (tertiary/aromatic N) is 1. The van der Waals surface area contributed by atoms with E-state index in [4.69, 9.17) is 4.74 Å². The Hall–Kier alpha value is -2.27. The highest BCUT2D eigenvalue weighted by atomic mass is 16.5. The molecule has 0 N–H and O–H groups in total. The molecule has 0 aromatic heterocycles. The molecule has 0 aliphatic rings. The Morgan fingerprint density at radius 1 is 0.913 bits per heavy atom. The van der Waals surface area contributed by atoms with Crippen LogP contribution in [0.3, 0.4) is 0 Å². The first kappa shape index (κ1) is 17.1. The lowest BCUT2D eigenvalue weighted by molar-refractivity contribution is 0.305. The molecule has 0 spiro atoms. The summed E-state index contributed by atoms with van der Waals surface area (Å²) >= 11 is 0. The molecule has 1 atom stereocenters. The maximum atomic E-state index is 9.57. The molecular formula is C21H25NO. The summed E-state index contributed by atoms with van der Waals surface area (Å²) < 4.78 is 5.85. The van der Waals surface area contributed by atoms with E-state index in [0.717, 1.165) is 11.3 Å². The number of hydrogen-bond donors (Lipinski definition) is 0. The highest BCUT2D eigenvalue weighted by Crippen LogP contribution is 2.27. The van der Waals surface area contributed by atoms with Crippen molar-refractivity contribution < 1.29 is 4.74 Å². The maximum Gasteiger partial charge on any atom is 0.119 e. The molecular weight excluding hydrogens is 282 g/mol. The highest BCUT2D eigenvalue weighted by Gasteiger charge is 2.16. The number of aryl methyl sites for hydroxylation is 5. The van der Waals surface area contributed by atoms with E-state index in [1.165, 1.54) is 27.8 Å². The Morgan fingerprint density at radius 3 is 2.13 bits per heavy atom. The normalized spacial score (nSPS) is 11.8. The molecule has 0 saturated carbocycles. The Morgan fingerprint density at radius 2 is 1.57 bits per heavy atom. The SMILES string of the molecule is Cc1cc(C)c(C(C#N)CCOc2ccc(C)c(C)c2)c(C)c1. The monoisotopic (exact) mass is 307 g/mol. The van der Waals surface area contributed by atoms with E-state index in [-0.39, 0.29) is 5.92 Å². The van der Waals surface area contributed by atoms with Crippen molar-refractivity contribution in [1.82, 2.24) is 0 Å². The molecule has 0 aliphatic carbocycles. The van der Waals surface area contributed by atoms with Gasteiger partial charge in [0.1, 0.15) is 5.75 Å². The first-order valence-corrected chi connectivity index (χ1v) is 8.09. The quantitative estimate of drug-likeness (QED) is 0.750. The van der Waals surface area contributed by atoms with E-state index in [1.807, 2.05) is 6.07 Å². The highest BCUT2D eigenvalue weighted by molar-refractivity contribution is 5.42. The van der Waals surface area contributed by atoms with Gasteiger partial charge in [-0.2, -0.15) is 5.26 Å². The summed E-state index contributed by atoms with van der Waals surface area (Å²) in [5, 5.41) is 9.57. The van der Waals surface area contributed by atoms with Gasteiger partial charge in [0.25, 0.3) is 0 Å². The van der Waals surface area contributed by atoms with Crippen LogP contribution in [0.5, 0.6) is 5.75 Å². The van der Waals surface area contributed by atoms with Gasteiger partial charge in [0.2, 0.25) is 0 Å². The minimum absolute atomic E-state index is 0.123. The first-order chi connectivity index (χ1) is 10.9. The summed E-state index contributed by atoms with van der Waals surface area (Å²) in [4.78, 5) is 0. The van der Waals surface area contributed by atoms with Gasteiger partial charge in [0, 0.05) is 6.42 Å². The van der Waals surface area contributed by atoms with Crippen LogP contribution in [-0.2, 0) is 0 Å². The molecule has 0 amide bonds. The predicted molar refractivity (Wildman–Crippen MR) is 95.0 cm³/mol. The molecule has 23 heavy (non-hydrogen) atoms. The summed E-state index contributed by atoms with van der Waals surface area (Å²) in [6, 6.07) is 12.9. The van der Waals surface area contributed by atoms with Crippen molar-refractivity contribution in [3.63, 3.8) is 0 Å². The van der Waals surface area contributed by atoms with E-state index in [0.29, 0.717) is 13.0 Å². The van der Waals surface area contributed by atoms with E-state index >= 15 is 0 Å². The predicted octanol–water partition coefficient (Wildman–Crippen LogP) is 5.30. The number of benzene rings is 2. The van der Waals surface area contributed by atoms with Crippen molar-refractivity contribution in [2.24, 2.45) is 0 Å². The Labute approximate surface area is 139 Å². The minimum Gasteiger partial charge on any atom is -0.494 e. The molecule has 2 heteroatoms. The Bertz CT molecular complexity index is 717. The van der Waals surface area contributed by atoms with Crippen molar-refractivity contribution in [1.29, 1.82) is 5.26 Å². The smallest absolute Gasteiger partial charge is 0.119 e. The minimum atomic E-state index is -0.123. The van der Waals surface area contributed by atoms with Gasteiger partial charge in [-0.25, -0.2) is 0 Å². The van der Waals surface area contributed by atoms with Crippen LogP contribution in [-0.4, -0.2) is 6.61 Å². The third-order valence-corrected chi connectivity index (χ3v) is 4.40. The second kappa shape index (κ2) is 7.33. The number of rotatable bonds is 5. The molecule has 2 aromatic carbocycles. The third-order valence-electron chi connectivity index (χ3n) is 4.40. The third kappa shape index (κ3) is 4.13. The van der Waals surface area contributed by atoms with Gasteiger partial charge in [0.15, 0.2) is 0 Å². The van der Waals surface area contributed by atoms with Crippen molar-refractivity contribution in [2.45, 2.75) is 47.0 Å². The molecule has 120 valence electrons. The van der Waals surface area contributed by atoms with Crippen LogP contribution >= 0.6 is 0 Å². The van der Waals surface area contributed by atoms with Crippen molar-refractivity contribution >= 4 is 0 Å². The average molecular weight is 307 g/mol. The van der Waals surface area contributed by atoms with Crippen molar-refractivity contribution in [3.8, 4) is 11.8 Å². The van der Waals surface area contributed by atoms with Crippen molar-refractivity contribution in [3.05, 3.63) is 63.7 Å². The Balaban J connectivity index is 2.06. The fourth-order valence-corrected chi connectivity index (χ4v) is 3.11. The zero-order chi connectivity index (χ0) is 17.0. The van der Waals surface area contributed by atoms with Crippen LogP contribution in [0.4, 0.5) is 0 Å². The topological polar surface area (TPSA) is 33.0 Å². The van der Waals surface area contributed by atoms with Gasteiger partial charge in [0.05, 0.1) is 18.6 Å². The van der Waals surface area contributed by atoms with Gasteiger partial charge in [-0.3, -0.25) is 0 Å². The second-order valence-corrected chi connectivity index (χ2v) is 6.38. The van der Waals surface area contributed by atoms with Crippen LogP contribution in [0.15, 0.2) is 30.3 Å². The zero-order valence-electron chi connectivity index (χ0n) is 14.7. The number of ether oxygens (including phenoxy) is 1. The van der Waals surface area contributed by atoms with Crippen LogP contribution in [0.1, 0.15) is 45.7 Å². The summed E-state index contributed by atoms with van der Waals surface area (Å²) in [6.07, 6.45) is 0.703. The molecule has 0 fully saturated rings. The lowest BCUT2D eigenvalue weighted by Crippen LogP contribution is -2.08. The largest absolute Gasteiger partial charge is 0.494 e. The molecule has 2 nitrogen and oxygen atoms in total. The second-order valence-electron chi connectivity index (χ2n) is 6.38. The van der Waals surface area contributed by atoms with Gasteiger partial charge < -0.3 is 4.74 Å². The van der Waals surface area contributed by atoms with Crippen LogP contribution in [0, 0.1) is 45.9 Å². The molecule has 1 unspecified atom stereocenters. The van der Waals surface area contributed by atoms with Crippen LogP contribution in [0.25, 0.3) is 0 Å².